The van der Waals surface area contributed by atoms with Crippen LogP contribution in [0.4, 0.5) is 8.78 Å². The molecule has 1 N–H and O–H groups in total. The third kappa shape index (κ3) is 5.68. The zero-order valence-corrected chi connectivity index (χ0v) is 13.1. The molecule has 0 aromatic rings. The van der Waals surface area contributed by atoms with Gasteiger partial charge in [-0.05, 0) is 44.2 Å². The Bertz CT molecular complexity index is 316. The summed E-state index contributed by atoms with van der Waals surface area (Å²) < 4.78 is 28.5. The van der Waals surface area contributed by atoms with Gasteiger partial charge in [-0.25, -0.2) is 8.78 Å². The van der Waals surface area contributed by atoms with Crippen LogP contribution in [-0.4, -0.2) is 56.6 Å². The van der Waals surface area contributed by atoms with Crippen LogP contribution in [0.25, 0.3) is 0 Å². The van der Waals surface area contributed by atoms with Crippen LogP contribution in [0.1, 0.15) is 32.1 Å². The van der Waals surface area contributed by atoms with E-state index in [9.17, 15) is 13.6 Å². The van der Waals surface area contributed by atoms with Crippen LogP contribution in [0.2, 0.25) is 0 Å². The molecule has 2 heterocycles. The van der Waals surface area contributed by atoms with Gasteiger partial charge >= 0.3 is 0 Å². The van der Waals surface area contributed by atoms with Gasteiger partial charge in [0.1, 0.15) is 6.61 Å². The van der Waals surface area contributed by atoms with Gasteiger partial charge in [0.25, 0.3) is 6.43 Å². The minimum Gasteiger partial charge on any atom is -0.375 e. The van der Waals surface area contributed by atoms with E-state index in [1.54, 1.807) is 0 Å². The third-order valence-electron chi connectivity index (χ3n) is 4.55. The maximum absolute atomic E-state index is 12.0. The van der Waals surface area contributed by atoms with Gasteiger partial charge in [0.05, 0.1) is 13.0 Å². The molecular formula is C14H25ClF2N2O2. The monoisotopic (exact) mass is 326 g/mol. The molecule has 0 aromatic carbocycles. The summed E-state index contributed by atoms with van der Waals surface area (Å²) in [6.45, 7) is 3.27. The van der Waals surface area contributed by atoms with Crippen molar-refractivity contribution in [1.29, 1.82) is 0 Å². The Balaban J connectivity index is 0.00000220. The number of ether oxygens (including phenoxy) is 1. The highest BCUT2D eigenvalue weighted by Gasteiger charge is 2.36. The number of amides is 1. The van der Waals surface area contributed by atoms with Crippen molar-refractivity contribution in [3.05, 3.63) is 0 Å². The van der Waals surface area contributed by atoms with Gasteiger partial charge in [-0.2, -0.15) is 0 Å². The smallest absolute Gasteiger partial charge is 0.261 e. The first-order valence-corrected chi connectivity index (χ1v) is 7.46. The lowest BCUT2D eigenvalue weighted by Crippen LogP contribution is -2.47. The van der Waals surface area contributed by atoms with E-state index in [0.29, 0.717) is 5.41 Å². The highest BCUT2D eigenvalue weighted by Crippen LogP contribution is 2.39. The first-order valence-electron chi connectivity index (χ1n) is 7.46. The van der Waals surface area contributed by atoms with Gasteiger partial charge < -0.3 is 15.0 Å². The number of piperidine rings is 2. The summed E-state index contributed by atoms with van der Waals surface area (Å²) in [6.07, 6.45) is 2.29. The lowest BCUT2D eigenvalue weighted by molar-refractivity contribution is -0.135. The Kier molecular flexibility index (Phi) is 7.84. The maximum atomic E-state index is 12.0. The first-order chi connectivity index (χ1) is 9.61. The number of carbonyl (C=O) groups excluding carboxylic acids is 1. The summed E-state index contributed by atoms with van der Waals surface area (Å²) in [4.78, 5) is 13.8. The van der Waals surface area contributed by atoms with E-state index in [4.69, 9.17) is 4.74 Å². The Labute approximate surface area is 131 Å². The van der Waals surface area contributed by atoms with Gasteiger partial charge in [-0.1, -0.05) is 0 Å². The molecule has 2 rings (SSSR count). The number of halogens is 3. The second-order valence-electron chi connectivity index (χ2n) is 5.85. The van der Waals surface area contributed by atoms with Crippen molar-refractivity contribution >= 4 is 18.3 Å². The molecule has 0 atom stereocenters. The van der Waals surface area contributed by atoms with Gasteiger partial charge in [-0.3, -0.25) is 4.79 Å². The zero-order valence-electron chi connectivity index (χ0n) is 12.3. The standard InChI is InChI=1S/C14H24F2N2O2.ClH/c15-12(16)11-20-10-1-13(19)18-8-4-14(5-9-18)2-6-17-7-3-14;/h12,17H,1-11H2;1H. The van der Waals surface area contributed by atoms with Gasteiger partial charge in [0.15, 0.2) is 0 Å². The van der Waals surface area contributed by atoms with Crippen molar-refractivity contribution < 1.29 is 18.3 Å². The normalized spacial score (nSPS) is 21.4. The second kappa shape index (κ2) is 8.86. The molecule has 0 unspecified atom stereocenters. The molecule has 124 valence electrons. The minimum absolute atomic E-state index is 0. The van der Waals surface area contributed by atoms with Crippen molar-refractivity contribution in [1.82, 2.24) is 10.2 Å². The van der Waals surface area contributed by atoms with E-state index in [1.165, 1.54) is 12.8 Å². The molecule has 1 spiro atoms. The third-order valence-corrected chi connectivity index (χ3v) is 4.55. The summed E-state index contributed by atoms with van der Waals surface area (Å²) >= 11 is 0. The molecule has 2 aliphatic heterocycles. The number of carbonyl (C=O) groups is 1. The molecule has 0 aliphatic carbocycles. The van der Waals surface area contributed by atoms with Crippen molar-refractivity contribution in [2.24, 2.45) is 5.41 Å². The number of likely N-dealkylation sites (tertiary alicyclic amines) is 1. The van der Waals surface area contributed by atoms with Crippen molar-refractivity contribution in [2.75, 3.05) is 39.4 Å². The average Bonchev–Trinajstić information content (AvgIpc) is 2.45. The van der Waals surface area contributed by atoms with Crippen LogP contribution in [0.5, 0.6) is 0 Å². The van der Waals surface area contributed by atoms with Gasteiger partial charge in [0, 0.05) is 13.1 Å². The van der Waals surface area contributed by atoms with E-state index in [2.05, 4.69) is 5.32 Å². The maximum Gasteiger partial charge on any atom is 0.261 e. The van der Waals surface area contributed by atoms with Crippen LogP contribution < -0.4 is 5.32 Å². The fraction of sp³-hybridized carbons (Fsp3) is 0.929. The van der Waals surface area contributed by atoms with Crippen molar-refractivity contribution in [3.63, 3.8) is 0 Å². The van der Waals surface area contributed by atoms with Crippen molar-refractivity contribution in [3.8, 4) is 0 Å². The first kappa shape index (κ1) is 18.6. The van der Waals surface area contributed by atoms with Crippen LogP contribution in [0, 0.1) is 5.41 Å². The molecule has 1 amide bonds. The second-order valence-corrected chi connectivity index (χ2v) is 5.85. The van der Waals surface area contributed by atoms with E-state index >= 15 is 0 Å². The predicted octanol–water partition coefficient (Wildman–Crippen LogP) is 2.07. The fourth-order valence-corrected chi connectivity index (χ4v) is 3.18. The Morgan fingerprint density at radius 2 is 1.81 bits per heavy atom. The highest BCUT2D eigenvalue weighted by molar-refractivity contribution is 5.85. The quantitative estimate of drug-likeness (QED) is 0.786. The topological polar surface area (TPSA) is 41.6 Å². The summed E-state index contributed by atoms with van der Waals surface area (Å²) in [5.41, 5.74) is 0.425. The number of nitrogens with one attached hydrogen (secondary N) is 1. The average molecular weight is 327 g/mol. The number of nitrogens with zero attached hydrogens (tertiary/aromatic N) is 1. The van der Waals surface area contributed by atoms with E-state index in [1.807, 2.05) is 4.90 Å². The molecule has 0 saturated carbocycles. The molecule has 0 bridgehead atoms. The lowest BCUT2D eigenvalue weighted by Gasteiger charge is -2.44. The molecule has 4 nitrogen and oxygen atoms in total. The van der Waals surface area contributed by atoms with E-state index in [-0.39, 0.29) is 31.3 Å². The van der Waals surface area contributed by atoms with Crippen LogP contribution >= 0.6 is 12.4 Å². The number of hydrogen-bond donors (Lipinski definition) is 1. The highest BCUT2D eigenvalue weighted by atomic mass is 35.5. The Hall–Kier alpha value is -0.460. The van der Waals surface area contributed by atoms with Gasteiger partial charge in [-0.15, -0.1) is 12.4 Å². The number of rotatable bonds is 5. The molecule has 0 radical (unpaired) electrons. The summed E-state index contributed by atoms with van der Waals surface area (Å²) in [7, 11) is 0. The van der Waals surface area contributed by atoms with Crippen LogP contribution in [0.3, 0.4) is 0 Å². The van der Waals surface area contributed by atoms with E-state index in [0.717, 1.165) is 39.0 Å². The molecular weight excluding hydrogens is 302 g/mol. The fourth-order valence-electron chi connectivity index (χ4n) is 3.18. The number of alkyl halides is 2. The Morgan fingerprint density at radius 1 is 1.19 bits per heavy atom. The zero-order chi connectivity index (χ0) is 14.4. The van der Waals surface area contributed by atoms with Crippen LogP contribution in [-0.2, 0) is 9.53 Å². The summed E-state index contributed by atoms with van der Waals surface area (Å²) in [6, 6.07) is 0. The van der Waals surface area contributed by atoms with Crippen LogP contribution in [0.15, 0.2) is 0 Å². The predicted molar refractivity (Wildman–Crippen MR) is 79.0 cm³/mol. The number of hydrogen-bond acceptors (Lipinski definition) is 3. The molecule has 0 aromatic heterocycles. The minimum atomic E-state index is -2.46. The van der Waals surface area contributed by atoms with Crippen molar-refractivity contribution in [2.45, 2.75) is 38.5 Å². The molecule has 7 heteroatoms. The molecule has 2 saturated heterocycles. The Morgan fingerprint density at radius 3 is 2.38 bits per heavy atom. The van der Waals surface area contributed by atoms with E-state index < -0.39 is 13.0 Å². The molecule has 21 heavy (non-hydrogen) atoms. The largest absolute Gasteiger partial charge is 0.375 e. The van der Waals surface area contributed by atoms with Gasteiger partial charge in [0.2, 0.25) is 5.91 Å². The summed E-state index contributed by atoms with van der Waals surface area (Å²) in [5, 5.41) is 3.38. The molecule has 2 aliphatic rings. The SMILES string of the molecule is Cl.O=C(CCOCC(F)F)N1CCC2(CCNCC2)CC1. The summed E-state index contributed by atoms with van der Waals surface area (Å²) in [5.74, 6) is 0.0306. The molecule has 2 fully saturated rings. The lowest BCUT2D eigenvalue weighted by atomic mass is 9.71.